The zero-order valence-corrected chi connectivity index (χ0v) is 18.2. The number of rotatable bonds is 9. The summed E-state index contributed by atoms with van der Waals surface area (Å²) in [6, 6.07) is 17.6. The molecule has 0 amide bonds. The summed E-state index contributed by atoms with van der Waals surface area (Å²) in [5, 5.41) is 8.87. The number of hydrogen-bond donors (Lipinski definition) is 1. The summed E-state index contributed by atoms with van der Waals surface area (Å²) < 4.78 is 11.8. The molecule has 0 unspecified atom stereocenters. The Morgan fingerprint density at radius 3 is 1.97 bits per heavy atom. The zero-order valence-electron chi connectivity index (χ0n) is 18.2. The molecule has 3 rings (SSSR count). The number of carbonyl (C=O) groups excluding carboxylic acids is 2. The number of piperidine rings is 1. The van der Waals surface area contributed by atoms with E-state index in [2.05, 4.69) is 4.90 Å². The summed E-state index contributed by atoms with van der Waals surface area (Å²) in [5.41, 5.74) is -0.807. The Kier molecular flexibility index (Phi) is 8.00. The number of benzene rings is 2. The van der Waals surface area contributed by atoms with E-state index in [1.807, 2.05) is 19.2 Å². The van der Waals surface area contributed by atoms with Crippen molar-refractivity contribution in [3.8, 4) is 0 Å². The Morgan fingerprint density at radius 1 is 0.938 bits per heavy atom. The van der Waals surface area contributed by atoms with Gasteiger partial charge in [0.05, 0.1) is 0 Å². The van der Waals surface area contributed by atoms with E-state index in [4.69, 9.17) is 14.6 Å². The van der Waals surface area contributed by atoms with E-state index in [-0.39, 0.29) is 25.4 Å². The van der Waals surface area contributed by atoms with Gasteiger partial charge in [-0.2, -0.15) is 0 Å². The highest BCUT2D eigenvalue weighted by molar-refractivity contribution is 5.89. The predicted octanol–water partition coefficient (Wildman–Crippen LogP) is 3.37. The van der Waals surface area contributed by atoms with Crippen LogP contribution in [0.1, 0.15) is 43.2 Å². The van der Waals surface area contributed by atoms with E-state index in [0.29, 0.717) is 24.0 Å². The average Bonchev–Trinajstić information content (AvgIpc) is 2.80. The average molecular weight is 440 g/mol. The van der Waals surface area contributed by atoms with Crippen molar-refractivity contribution >= 4 is 17.9 Å². The van der Waals surface area contributed by atoms with E-state index >= 15 is 0 Å². The highest BCUT2D eigenvalue weighted by Crippen LogP contribution is 2.37. The molecule has 7 nitrogen and oxygen atoms in total. The summed E-state index contributed by atoms with van der Waals surface area (Å²) in [7, 11) is 2.02. The van der Waals surface area contributed by atoms with E-state index in [1.54, 1.807) is 48.5 Å². The number of aliphatic carboxylic acids is 1. The monoisotopic (exact) mass is 439 g/mol. The molecule has 0 spiro atoms. The second-order valence-corrected chi connectivity index (χ2v) is 8.04. The maximum Gasteiger partial charge on any atom is 0.360 e. The van der Waals surface area contributed by atoms with Crippen LogP contribution >= 0.6 is 0 Å². The van der Waals surface area contributed by atoms with E-state index in [9.17, 15) is 14.4 Å². The number of nitrogens with zero attached hydrogens (tertiary/aromatic N) is 1. The molecule has 1 aliphatic heterocycles. The summed E-state index contributed by atoms with van der Waals surface area (Å²) in [4.78, 5) is 39.5. The van der Waals surface area contributed by atoms with Gasteiger partial charge in [0.15, 0.2) is 0 Å². The molecule has 0 atom stereocenters. The third-order valence-electron chi connectivity index (χ3n) is 5.63. The smallest absolute Gasteiger partial charge is 0.360 e. The van der Waals surface area contributed by atoms with Crippen LogP contribution in [-0.4, -0.2) is 54.2 Å². The van der Waals surface area contributed by atoms with Crippen molar-refractivity contribution in [1.82, 2.24) is 4.90 Å². The topological polar surface area (TPSA) is 93.1 Å². The fourth-order valence-electron chi connectivity index (χ4n) is 3.85. The van der Waals surface area contributed by atoms with Gasteiger partial charge in [0, 0.05) is 37.1 Å². The first-order valence-electron chi connectivity index (χ1n) is 10.9. The molecular formula is C25H29NO6. The number of esters is 2. The van der Waals surface area contributed by atoms with Gasteiger partial charge in [-0.25, -0.2) is 4.79 Å². The van der Waals surface area contributed by atoms with Gasteiger partial charge < -0.3 is 19.5 Å². The van der Waals surface area contributed by atoms with Gasteiger partial charge >= 0.3 is 17.9 Å². The molecule has 0 bridgehead atoms. The van der Waals surface area contributed by atoms with E-state index in [0.717, 1.165) is 13.1 Å². The molecule has 7 heteroatoms. The highest BCUT2D eigenvalue weighted by Gasteiger charge is 2.48. The van der Waals surface area contributed by atoms with Crippen molar-refractivity contribution in [3.05, 3.63) is 71.8 Å². The molecule has 1 saturated heterocycles. The fourth-order valence-corrected chi connectivity index (χ4v) is 3.85. The maximum absolute atomic E-state index is 13.7. The van der Waals surface area contributed by atoms with Gasteiger partial charge in [-0.15, -0.1) is 0 Å². The lowest BCUT2D eigenvalue weighted by Crippen LogP contribution is -2.46. The van der Waals surface area contributed by atoms with Gasteiger partial charge in [-0.3, -0.25) is 9.59 Å². The Hall–Kier alpha value is -3.19. The number of hydrogen-bond acceptors (Lipinski definition) is 6. The SMILES string of the molecule is CN1CCC(OC(=O)C(OC(=O)CCCC(=O)O)(c2ccccc2)c2ccccc2)CC1. The summed E-state index contributed by atoms with van der Waals surface area (Å²) in [6.45, 7) is 1.63. The molecule has 1 aliphatic rings. The van der Waals surface area contributed by atoms with Crippen molar-refractivity contribution in [3.63, 3.8) is 0 Å². The number of likely N-dealkylation sites (tertiary alicyclic amines) is 1. The standard InChI is InChI=1S/C25H29NO6/c1-26-17-15-21(16-18-26)31-24(30)25(19-9-4-2-5-10-19,20-11-6-3-7-12-20)32-23(29)14-8-13-22(27)28/h2-7,9-12,21H,8,13-18H2,1H3,(H,27,28). The van der Waals surface area contributed by atoms with Crippen molar-refractivity contribution in [2.75, 3.05) is 20.1 Å². The van der Waals surface area contributed by atoms with Crippen molar-refractivity contribution in [2.45, 2.75) is 43.8 Å². The van der Waals surface area contributed by atoms with E-state index < -0.39 is 23.5 Å². The van der Waals surface area contributed by atoms with Gasteiger partial charge in [0.2, 0.25) is 0 Å². The van der Waals surface area contributed by atoms with Crippen molar-refractivity contribution < 1.29 is 29.0 Å². The first-order chi connectivity index (χ1) is 15.4. The van der Waals surface area contributed by atoms with Crippen LogP contribution in [0.2, 0.25) is 0 Å². The van der Waals surface area contributed by atoms with Crippen LogP contribution in [0.4, 0.5) is 0 Å². The molecule has 1 N–H and O–H groups in total. The van der Waals surface area contributed by atoms with Gasteiger partial charge in [-0.05, 0) is 26.3 Å². The zero-order chi connectivity index (χ0) is 23.0. The molecule has 0 aromatic heterocycles. The lowest BCUT2D eigenvalue weighted by molar-refractivity contribution is -0.184. The van der Waals surface area contributed by atoms with Crippen LogP contribution in [0.3, 0.4) is 0 Å². The molecule has 1 fully saturated rings. The largest absolute Gasteiger partial charge is 0.481 e. The quantitative estimate of drug-likeness (QED) is 0.599. The summed E-state index contributed by atoms with van der Waals surface area (Å²) in [5.74, 6) is -2.29. The summed E-state index contributed by atoms with van der Waals surface area (Å²) in [6.07, 6.45) is 0.991. The first kappa shape index (κ1) is 23.5. The second kappa shape index (κ2) is 10.9. The number of ether oxygens (including phenoxy) is 2. The molecule has 0 radical (unpaired) electrons. The van der Waals surface area contributed by atoms with Crippen LogP contribution in [0.5, 0.6) is 0 Å². The lowest BCUT2D eigenvalue weighted by atomic mass is 9.85. The minimum atomic E-state index is -1.77. The predicted molar refractivity (Wildman–Crippen MR) is 118 cm³/mol. The van der Waals surface area contributed by atoms with Crippen molar-refractivity contribution in [1.29, 1.82) is 0 Å². The van der Waals surface area contributed by atoms with Crippen molar-refractivity contribution in [2.24, 2.45) is 0 Å². The normalized spacial score (nSPS) is 15.2. The maximum atomic E-state index is 13.7. The molecule has 0 saturated carbocycles. The Labute approximate surface area is 187 Å². The minimum absolute atomic E-state index is 0.116. The van der Waals surface area contributed by atoms with Crippen LogP contribution in [0, 0.1) is 0 Å². The van der Waals surface area contributed by atoms with Gasteiger partial charge in [0.25, 0.3) is 5.60 Å². The second-order valence-electron chi connectivity index (χ2n) is 8.04. The fraction of sp³-hybridized carbons (Fsp3) is 0.400. The Balaban J connectivity index is 1.96. The molecular weight excluding hydrogens is 410 g/mol. The van der Waals surface area contributed by atoms with Crippen LogP contribution in [0.15, 0.2) is 60.7 Å². The Morgan fingerprint density at radius 2 is 1.47 bits per heavy atom. The molecule has 170 valence electrons. The van der Waals surface area contributed by atoms with Gasteiger partial charge in [0.1, 0.15) is 6.10 Å². The van der Waals surface area contributed by atoms with E-state index in [1.165, 1.54) is 0 Å². The van der Waals surface area contributed by atoms with Crippen LogP contribution in [-0.2, 0) is 29.5 Å². The third kappa shape index (κ3) is 5.73. The molecule has 2 aromatic carbocycles. The third-order valence-corrected chi connectivity index (χ3v) is 5.63. The minimum Gasteiger partial charge on any atom is -0.481 e. The van der Waals surface area contributed by atoms with Gasteiger partial charge in [-0.1, -0.05) is 60.7 Å². The highest BCUT2D eigenvalue weighted by atomic mass is 16.6. The molecule has 32 heavy (non-hydrogen) atoms. The molecule has 1 heterocycles. The Bertz CT molecular complexity index is 867. The lowest BCUT2D eigenvalue weighted by Gasteiger charge is -2.35. The first-order valence-corrected chi connectivity index (χ1v) is 10.9. The summed E-state index contributed by atoms with van der Waals surface area (Å²) >= 11 is 0. The number of carboxylic acid groups (broad SMARTS) is 1. The number of carboxylic acids is 1. The van der Waals surface area contributed by atoms with Crippen LogP contribution in [0.25, 0.3) is 0 Å². The molecule has 0 aliphatic carbocycles. The molecule has 2 aromatic rings. The number of carbonyl (C=O) groups is 3. The van der Waals surface area contributed by atoms with Crippen LogP contribution < -0.4 is 0 Å².